The van der Waals surface area contributed by atoms with Gasteiger partial charge in [-0.1, -0.05) is 0 Å². The Kier molecular flexibility index (Phi) is 38.5. The van der Waals surface area contributed by atoms with Gasteiger partial charge >= 0.3 is 30.8 Å². The van der Waals surface area contributed by atoms with Gasteiger partial charge in [0.05, 0.1) is 0 Å². The van der Waals surface area contributed by atoms with Crippen molar-refractivity contribution < 1.29 is 34.1 Å². The van der Waals surface area contributed by atoms with E-state index in [1.165, 1.54) is 0 Å². The number of carbonyl (C=O) groups is 2. The average molecular weight is 232 g/mol. The molecule has 0 bridgehead atoms. The molecular weight excluding hydrogens is 220 g/mol. The molecule has 14 heavy (non-hydrogen) atoms. The van der Waals surface area contributed by atoms with Gasteiger partial charge in [-0.05, 0) is 0 Å². The summed E-state index contributed by atoms with van der Waals surface area (Å²) < 4.78 is 0. The molecule has 0 aromatic heterocycles. The van der Waals surface area contributed by atoms with Gasteiger partial charge in [0, 0.05) is 0 Å². The van der Waals surface area contributed by atoms with E-state index < -0.39 is 26.8 Å². The SMILES string of the molecule is F.F.NP(N)O.O=C(O)CC(=O)O.[LiH]. The van der Waals surface area contributed by atoms with Crippen molar-refractivity contribution in [3.05, 3.63) is 0 Å². The number of hydrogen-bond donors (Lipinski definition) is 5. The second-order valence-electron chi connectivity index (χ2n) is 1.34. The van der Waals surface area contributed by atoms with Gasteiger partial charge in [-0.25, -0.2) is 0 Å². The van der Waals surface area contributed by atoms with Crippen molar-refractivity contribution in [2.24, 2.45) is 11.0 Å². The first-order valence-electron chi connectivity index (χ1n) is 2.28. The number of hydrogen-bond acceptors (Lipinski definition) is 5. The summed E-state index contributed by atoms with van der Waals surface area (Å²) in [4.78, 5) is 26.5. The molecule has 0 rings (SSSR count). The first-order valence-corrected chi connectivity index (χ1v) is 3.71. The molecule has 0 atom stereocenters. The van der Waals surface area contributed by atoms with Crippen LogP contribution in [-0.4, -0.2) is 45.9 Å². The summed E-state index contributed by atoms with van der Waals surface area (Å²) in [5.41, 5.74) is 9.02. The molecule has 0 unspecified atom stereocenters. The number of nitrogens with two attached hydrogens (primary N) is 2. The van der Waals surface area contributed by atoms with E-state index in [0.717, 1.165) is 0 Å². The quantitative estimate of drug-likeness (QED) is 0.217. The second-order valence-corrected chi connectivity index (χ2v) is 2.10. The number of rotatable bonds is 2. The molecule has 84 valence electrons. The van der Waals surface area contributed by atoms with Gasteiger partial charge in [0.25, 0.3) is 0 Å². The summed E-state index contributed by atoms with van der Waals surface area (Å²) in [6.45, 7) is 0. The van der Waals surface area contributed by atoms with E-state index in [1.807, 2.05) is 0 Å². The Morgan fingerprint density at radius 3 is 1.21 bits per heavy atom. The molecule has 0 aromatic rings. The third-order valence-corrected chi connectivity index (χ3v) is 0.302. The van der Waals surface area contributed by atoms with E-state index in [-0.39, 0.29) is 28.3 Å². The zero-order valence-electron chi connectivity index (χ0n) is 6.28. The zero-order valence-corrected chi connectivity index (χ0v) is 7.18. The molecule has 7 nitrogen and oxygen atoms in total. The van der Waals surface area contributed by atoms with E-state index in [1.54, 1.807) is 0 Å². The zero-order chi connectivity index (χ0) is 9.44. The molecule has 0 heterocycles. The number of carboxylic acid groups (broad SMARTS) is 2. The standard InChI is InChI=1S/C3H4O4.2FH.Li.H5N2OP.H/c4-2(5)1-3(6)7;;;;1-4(2)3;/h1H2,(H,4,5)(H,6,7);2*1H;;3H,1-2H2;. The topological polar surface area (TPSA) is 147 Å². The number of aliphatic carboxylic acids is 2. The van der Waals surface area contributed by atoms with E-state index in [0.29, 0.717) is 0 Å². The molecule has 0 aliphatic rings. The van der Waals surface area contributed by atoms with Gasteiger partial charge in [-0.15, -0.1) is 0 Å². The minimum absolute atomic E-state index is 0. The third-order valence-electron chi connectivity index (χ3n) is 0.302. The molecule has 0 fully saturated rings. The maximum absolute atomic E-state index is 9.43. The van der Waals surface area contributed by atoms with Crippen molar-refractivity contribution in [3.63, 3.8) is 0 Å². The Morgan fingerprint density at radius 2 is 1.21 bits per heavy atom. The minimum atomic E-state index is -1.62. The van der Waals surface area contributed by atoms with Crippen molar-refractivity contribution in [2.45, 2.75) is 6.42 Å². The Balaban J connectivity index is -0.0000000347. The molecule has 0 aliphatic heterocycles. The molecule has 0 aliphatic carbocycles. The van der Waals surface area contributed by atoms with Crippen LogP contribution in [0.5, 0.6) is 0 Å². The van der Waals surface area contributed by atoms with Gasteiger partial charge in [0.1, 0.15) is 6.42 Å². The molecule has 0 saturated heterocycles. The van der Waals surface area contributed by atoms with Crippen molar-refractivity contribution in [1.82, 2.24) is 0 Å². The van der Waals surface area contributed by atoms with Crippen molar-refractivity contribution in [3.8, 4) is 0 Å². The van der Waals surface area contributed by atoms with E-state index in [9.17, 15) is 9.59 Å². The van der Waals surface area contributed by atoms with Crippen LogP contribution in [-0.2, 0) is 9.59 Å². The first kappa shape index (κ1) is 29.2. The van der Waals surface area contributed by atoms with Crippen LogP contribution in [0.15, 0.2) is 0 Å². The van der Waals surface area contributed by atoms with Crippen LogP contribution in [0.25, 0.3) is 0 Å². The summed E-state index contributed by atoms with van der Waals surface area (Å²) in [7, 11) is -1.62. The molecule has 0 amide bonds. The van der Waals surface area contributed by atoms with E-state index in [2.05, 4.69) is 11.0 Å². The van der Waals surface area contributed by atoms with E-state index in [4.69, 9.17) is 15.1 Å². The van der Waals surface area contributed by atoms with Crippen LogP contribution in [0.1, 0.15) is 6.42 Å². The predicted molar refractivity (Wildman–Crippen MR) is 49.6 cm³/mol. The van der Waals surface area contributed by atoms with Crippen molar-refractivity contribution in [1.29, 1.82) is 0 Å². The Morgan fingerprint density at radius 1 is 1.07 bits per heavy atom. The van der Waals surface area contributed by atoms with Crippen molar-refractivity contribution in [2.75, 3.05) is 0 Å². The molecule has 7 N–H and O–H groups in total. The molecule has 11 heteroatoms. The fourth-order valence-electron chi connectivity index (χ4n) is 0.129. The van der Waals surface area contributed by atoms with Gasteiger partial charge < -0.3 is 15.1 Å². The molecule has 0 spiro atoms. The fourth-order valence-corrected chi connectivity index (χ4v) is 0.129. The van der Waals surface area contributed by atoms with Crippen LogP contribution in [0.3, 0.4) is 0 Å². The first-order chi connectivity index (χ1) is 4.86. The number of halogens is 2. The van der Waals surface area contributed by atoms with Crippen LogP contribution in [0.4, 0.5) is 9.41 Å². The Hall–Kier alpha value is -0.293. The summed E-state index contributed by atoms with van der Waals surface area (Å²) in [5, 5.41) is 15.4. The molecular formula is C3H12F2LiN2O5P. The maximum atomic E-state index is 9.43. The normalized spacial score (nSPS) is 6.57. The van der Waals surface area contributed by atoms with Crippen LogP contribution in [0.2, 0.25) is 0 Å². The predicted octanol–water partition coefficient (Wildman–Crippen LogP) is -1.67. The van der Waals surface area contributed by atoms with Crippen LogP contribution in [0, 0.1) is 0 Å². The molecule has 0 saturated carbocycles. The van der Waals surface area contributed by atoms with Crippen LogP contribution < -0.4 is 11.0 Å². The third kappa shape index (κ3) is 97.7. The van der Waals surface area contributed by atoms with Gasteiger partial charge in [-0.3, -0.25) is 30.0 Å². The summed E-state index contributed by atoms with van der Waals surface area (Å²) in [6.07, 6.45) is -0.806. The average Bonchev–Trinajstić information content (AvgIpc) is 1.56. The number of carboxylic acids is 2. The molecule has 0 aromatic carbocycles. The van der Waals surface area contributed by atoms with Gasteiger partial charge in [0.2, 0.25) is 0 Å². The van der Waals surface area contributed by atoms with Gasteiger partial charge in [0.15, 0.2) is 8.45 Å². The Labute approximate surface area is 91.3 Å². The Bertz CT molecular complexity index is 136. The second kappa shape index (κ2) is 18.5. The van der Waals surface area contributed by atoms with E-state index >= 15 is 0 Å². The van der Waals surface area contributed by atoms with Crippen LogP contribution >= 0.6 is 8.45 Å². The fraction of sp³-hybridized carbons (Fsp3) is 0.333. The monoisotopic (exact) mass is 232 g/mol. The molecule has 0 radical (unpaired) electrons. The summed E-state index contributed by atoms with van der Waals surface area (Å²) >= 11 is 0. The summed E-state index contributed by atoms with van der Waals surface area (Å²) in [5.74, 6) is -2.62. The van der Waals surface area contributed by atoms with Gasteiger partial charge in [-0.2, -0.15) is 0 Å². The van der Waals surface area contributed by atoms with Crippen molar-refractivity contribution >= 4 is 39.2 Å². The summed E-state index contributed by atoms with van der Waals surface area (Å²) in [6, 6.07) is 0.